The van der Waals surface area contributed by atoms with E-state index in [-0.39, 0.29) is 5.91 Å². The highest BCUT2D eigenvalue weighted by atomic mass is 16.5. The molecule has 0 unspecified atom stereocenters. The number of hydrogen-bond donors (Lipinski definition) is 1. The van der Waals surface area contributed by atoms with Crippen molar-refractivity contribution in [3.05, 3.63) is 59.7 Å². The van der Waals surface area contributed by atoms with Crippen molar-refractivity contribution in [2.45, 2.75) is 0 Å². The Morgan fingerprint density at radius 3 is 2.55 bits per heavy atom. The quantitative estimate of drug-likeness (QED) is 0.681. The van der Waals surface area contributed by atoms with Crippen LogP contribution in [0.25, 0.3) is 0 Å². The van der Waals surface area contributed by atoms with Gasteiger partial charge in [0, 0.05) is 25.3 Å². The molecule has 1 N–H and O–H groups in total. The summed E-state index contributed by atoms with van der Waals surface area (Å²) in [4.78, 5) is 14.0. The Balaban J connectivity index is 1.97. The standard InChI is InChI=1S/C17H19N3O2/c1-20(2)15-9-7-13(8-10-15)12-18-19-17(21)14-5-4-6-16(11-14)22-3/h4-12H,1-3H3,(H,19,21)/b18-12-. The Kier molecular flexibility index (Phi) is 5.14. The molecule has 0 bridgehead atoms. The molecular formula is C17H19N3O2. The minimum absolute atomic E-state index is 0.278. The van der Waals surface area contributed by atoms with Crippen LogP contribution in [-0.2, 0) is 0 Å². The summed E-state index contributed by atoms with van der Waals surface area (Å²) in [7, 11) is 5.53. The number of amides is 1. The molecule has 0 aliphatic carbocycles. The van der Waals surface area contributed by atoms with Crippen molar-refractivity contribution >= 4 is 17.8 Å². The number of anilines is 1. The SMILES string of the molecule is COc1cccc(C(=O)N/N=C\c2ccc(N(C)C)cc2)c1. The molecule has 114 valence electrons. The first kappa shape index (κ1) is 15.6. The fourth-order valence-corrected chi connectivity index (χ4v) is 1.85. The normalized spacial score (nSPS) is 10.5. The largest absolute Gasteiger partial charge is 0.497 e. The van der Waals surface area contributed by atoms with Crippen molar-refractivity contribution in [1.29, 1.82) is 0 Å². The van der Waals surface area contributed by atoms with Crippen molar-refractivity contribution in [1.82, 2.24) is 5.43 Å². The van der Waals surface area contributed by atoms with Gasteiger partial charge in [-0.25, -0.2) is 5.43 Å². The van der Waals surface area contributed by atoms with Crippen LogP contribution in [0.3, 0.4) is 0 Å². The van der Waals surface area contributed by atoms with Crippen molar-refractivity contribution in [2.75, 3.05) is 26.1 Å². The number of methoxy groups -OCH3 is 1. The molecular weight excluding hydrogens is 278 g/mol. The zero-order valence-corrected chi connectivity index (χ0v) is 12.9. The Morgan fingerprint density at radius 1 is 1.18 bits per heavy atom. The molecule has 0 heterocycles. The number of benzene rings is 2. The summed E-state index contributed by atoms with van der Waals surface area (Å²) in [6, 6.07) is 14.8. The van der Waals surface area contributed by atoms with Crippen molar-refractivity contribution < 1.29 is 9.53 Å². The molecule has 2 rings (SSSR count). The predicted molar refractivity (Wildman–Crippen MR) is 88.8 cm³/mol. The molecule has 0 radical (unpaired) electrons. The highest BCUT2D eigenvalue weighted by Gasteiger charge is 2.04. The second kappa shape index (κ2) is 7.26. The summed E-state index contributed by atoms with van der Waals surface area (Å²) < 4.78 is 5.09. The summed E-state index contributed by atoms with van der Waals surface area (Å²) in [5.74, 6) is 0.357. The fraction of sp³-hybridized carbons (Fsp3) is 0.176. The van der Waals surface area contributed by atoms with Crippen LogP contribution >= 0.6 is 0 Å². The Labute approximate surface area is 130 Å². The first-order chi connectivity index (χ1) is 10.6. The van der Waals surface area contributed by atoms with Crippen LogP contribution in [0.4, 0.5) is 5.69 Å². The van der Waals surface area contributed by atoms with Gasteiger partial charge in [0.2, 0.25) is 0 Å². The minimum atomic E-state index is -0.278. The van der Waals surface area contributed by atoms with E-state index in [0.717, 1.165) is 11.3 Å². The van der Waals surface area contributed by atoms with Crippen LogP contribution in [0.2, 0.25) is 0 Å². The van der Waals surface area contributed by atoms with Gasteiger partial charge in [-0.1, -0.05) is 18.2 Å². The van der Waals surface area contributed by atoms with Gasteiger partial charge in [-0.15, -0.1) is 0 Å². The lowest BCUT2D eigenvalue weighted by Crippen LogP contribution is -2.17. The topological polar surface area (TPSA) is 53.9 Å². The molecule has 0 saturated heterocycles. The van der Waals surface area contributed by atoms with Gasteiger partial charge in [-0.2, -0.15) is 5.10 Å². The number of hydrogen-bond acceptors (Lipinski definition) is 4. The molecule has 1 amide bonds. The van der Waals surface area contributed by atoms with Gasteiger partial charge in [0.1, 0.15) is 5.75 Å². The molecule has 22 heavy (non-hydrogen) atoms. The van der Waals surface area contributed by atoms with E-state index in [0.29, 0.717) is 11.3 Å². The van der Waals surface area contributed by atoms with Gasteiger partial charge < -0.3 is 9.64 Å². The monoisotopic (exact) mass is 297 g/mol. The average Bonchev–Trinajstić information content (AvgIpc) is 2.55. The molecule has 0 fully saturated rings. The van der Waals surface area contributed by atoms with E-state index in [2.05, 4.69) is 10.5 Å². The third-order valence-corrected chi connectivity index (χ3v) is 3.12. The number of carbonyl (C=O) groups is 1. The number of hydrazone groups is 1. The van der Waals surface area contributed by atoms with Crippen molar-refractivity contribution in [2.24, 2.45) is 5.10 Å². The molecule has 0 saturated carbocycles. The van der Waals surface area contributed by atoms with Crippen LogP contribution in [0.1, 0.15) is 15.9 Å². The van der Waals surface area contributed by atoms with Gasteiger partial charge >= 0.3 is 0 Å². The predicted octanol–water partition coefficient (Wildman–Crippen LogP) is 2.53. The third-order valence-electron chi connectivity index (χ3n) is 3.12. The van der Waals surface area contributed by atoms with Crippen LogP contribution in [-0.4, -0.2) is 33.3 Å². The Bertz CT molecular complexity index is 664. The Hall–Kier alpha value is -2.82. The van der Waals surface area contributed by atoms with Gasteiger partial charge in [-0.3, -0.25) is 4.79 Å². The summed E-state index contributed by atoms with van der Waals surface area (Å²) >= 11 is 0. The van der Waals surface area contributed by atoms with Gasteiger partial charge in [-0.05, 0) is 35.9 Å². The maximum atomic E-state index is 12.0. The highest BCUT2D eigenvalue weighted by molar-refractivity contribution is 5.95. The molecule has 0 aliphatic rings. The molecule has 2 aromatic rings. The number of ether oxygens (including phenoxy) is 1. The molecule has 0 atom stereocenters. The lowest BCUT2D eigenvalue weighted by atomic mass is 10.2. The molecule has 5 nitrogen and oxygen atoms in total. The maximum absolute atomic E-state index is 12.0. The van der Waals surface area contributed by atoms with Crippen LogP contribution in [0.15, 0.2) is 53.6 Å². The number of nitrogens with one attached hydrogen (secondary N) is 1. The minimum Gasteiger partial charge on any atom is -0.497 e. The van der Waals surface area contributed by atoms with E-state index in [4.69, 9.17) is 4.74 Å². The lowest BCUT2D eigenvalue weighted by Gasteiger charge is -2.11. The second-order valence-corrected chi connectivity index (χ2v) is 4.92. The van der Waals surface area contributed by atoms with Crippen LogP contribution < -0.4 is 15.1 Å². The zero-order chi connectivity index (χ0) is 15.9. The van der Waals surface area contributed by atoms with E-state index >= 15 is 0 Å². The van der Waals surface area contributed by atoms with E-state index in [1.165, 1.54) is 0 Å². The number of carbonyl (C=O) groups excluding carboxylic acids is 1. The van der Waals surface area contributed by atoms with E-state index in [9.17, 15) is 4.79 Å². The van der Waals surface area contributed by atoms with Crippen LogP contribution in [0.5, 0.6) is 5.75 Å². The maximum Gasteiger partial charge on any atom is 0.271 e. The van der Waals surface area contributed by atoms with Gasteiger partial charge in [0.05, 0.1) is 13.3 Å². The molecule has 5 heteroatoms. The summed E-state index contributed by atoms with van der Waals surface area (Å²) in [5, 5.41) is 3.97. The first-order valence-corrected chi connectivity index (χ1v) is 6.85. The highest BCUT2D eigenvalue weighted by Crippen LogP contribution is 2.12. The summed E-state index contributed by atoms with van der Waals surface area (Å²) in [6.07, 6.45) is 1.61. The smallest absolute Gasteiger partial charge is 0.271 e. The summed E-state index contributed by atoms with van der Waals surface area (Å²) in [6.45, 7) is 0. The zero-order valence-electron chi connectivity index (χ0n) is 12.9. The average molecular weight is 297 g/mol. The number of nitrogens with zero attached hydrogens (tertiary/aromatic N) is 2. The summed E-state index contributed by atoms with van der Waals surface area (Å²) in [5.41, 5.74) is 5.02. The Morgan fingerprint density at radius 2 is 1.91 bits per heavy atom. The van der Waals surface area contributed by atoms with E-state index in [1.807, 2.05) is 43.3 Å². The van der Waals surface area contributed by atoms with Crippen molar-refractivity contribution in [3.8, 4) is 5.75 Å². The van der Waals surface area contributed by atoms with Crippen LogP contribution in [0, 0.1) is 0 Å². The second-order valence-electron chi connectivity index (χ2n) is 4.92. The lowest BCUT2D eigenvalue weighted by molar-refractivity contribution is 0.0955. The number of rotatable bonds is 5. The van der Waals surface area contributed by atoms with Gasteiger partial charge in [0.25, 0.3) is 5.91 Å². The fourth-order valence-electron chi connectivity index (χ4n) is 1.85. The third kappa shape index (κ3) is 4.09. The van der Waals surface area contributed by atoms with E-state index in [1.54, 1.807) is 37.6 Å². The molecule has 2 aromatic carbocycles. The molecule has 0 aliphatic heterocycles. The van der Waals surface area contributed by atoms with Crippen molar-refractivity contribution in [3.63, 3.8) is 0 Å². The molecule has 0 aromatic heterocycles. The first-order valence-electron chi connectivity index (χ1n) is 6.85. The van der Waals surface area contributed by atoms with Gasteiger partial charge in [0.15, 0.2) is 0 Å². The molecule has 0 spiro atoms. The van der Waals surface area contributed by atoms with E-state index < -0.39 is 0 Å².